The van der Waals surface area contributed by atoms with Gasteiger partial charge in [0.2, 0.25) is 0 Å². The van der Waals surface area contributed by atoms with Crippen LogP contribution in [0.4, 0.5) is 16.3 Å². The van der Waals surface area contributed by atoms with Crippen molar-refractivity contribution >= 4 is 17.7 Å². The molecule has 0 bridgehead atoms. The lowest BCUT2D eigenvalue weighted by atomic mass is 10.1. The van der Waals surface area contributed by atoms with E-state index in [1.807, 2.05) is 69.3 Å². The molecule has 0 radical (unpaired) electrons. The number of carbonyl (C=O) groups is 1. The Morgan fingerprint density at radius 2 is 1.75 bits per heavy atom. The molecular formula is C22H23N3O3. The number of aromatic nitrogens is 2. The van der Waals surface area contributed by atoms with Crippen molar-refractivity contribution in [2.75, 3.05) is 11.9 Å². The van der Waals surface area contributed by atoms with Gasteiger partial charge in [-0.3, -0.25) is 0 Å². The first-order valence-corrected chi connectivity index (χ1v) is 9.12. The van der Waals surface area contributed by atoms with Crippen molar-refractivity contribution in [3.63, 3.8) is 0 Å². The van der Waals surface area contributed by atoms with Crippen molar-refractivity contribution in [3.05, 3.63) is 66.5 Å². The summed E-state index contributed by atoms with van der Waals surface area (Å²) in [5.41, 5.74) is 2.70. The van der Waals surface area contributed by atoms with Crippen LogP contribution >= 0.6 is 0 Å². The number of hydrogen-bond acceptors (Lipinski definition) is 6. The van der Waals surface area contributed by atoms with E-state index in [0.29, 0.717) is 24.0 Å². The first kappa shape index (κ1) is 19.4. The molecule has 28 heavy (non-hydrogen) atoms. The molecule has 2 aromatic carbocycles. The van der Waals surface area contributed by atoms with E-state index in [0.717, 1.165) is 16.9 Å². The number of rotatable bonds is 6. The summed E-state index contributed by atoms with van der Waals surface area (Å²) >= 11 is 0. The monoisotopic (exact) mass is 377 g/mol. The highest BCUT2D eigenvalue weighted by molar-refractivity contribution is 5.67. The van der Waals surface area contributed by atoms with Crippen molar-refractivity contribution < 1.29 is 14.3 Å². The maximum Gasteiger partial charge on any atom is 0.513 e. The molecule has 0 amide bonds. The van der Waals surface area contributed by atoms with Crippen LogP contribution in [0.5, 0.6) is 5.75 Å². The number of benzene rings is 2. The maximum absolute atomic E-state index is 11.6. The van der Waals surface area contributed by atoms with Crippen LogP contribution in [-0.2, 0) is 4.74 Å². The SMILES string of the molecule is Cc1nc(Nc2ccc(OC(=O)OCC(C)C)cc2)cc(-c2ccccc2)n1. The smallest absolute Gasteiger partial charge is 0.434 e. The topological polar surface area (TPSA) is 73.3 Å². The first-order valence-electron chi connectivity index (χ1n) is 9.12. The molecule has 1 heterocycles. The van der Waals surface area contributed by atoms with Gasteiger partial charge in [0.05, 0.1) is 12.3 Å². The molecule has 0 aliphatic carbocycles. The van der Waals surface area contributed by atoms with Gasteiger partial charge < -0.3 is 14.8 Å². The molecule has 6 nitrogen and oxygen atoms in total. The van der Waals surface area contributed by atoms with Gasteiger partial charge in [0.15, 0.2) is 0 Å². The fraction of sp³-hybridized carbons (Fsp3) is 0.227. The van der Waals surface area contributed by atoms with Gasteiger partial charge in [0, 0.05) is 17.3 Å². The quantitative estimate of drug-likeness (QED) is 0.460. The Morgan fingerprint density at radius 1 is 1.04 bits per heavy atom. The van der Waals surface area contributed by atoms with E-state index in [-0.39, 0.29) is 5.92 Å². The number of hydrogen-bond donors (Lipinski definition) is 1. The van der Waals surface area contributed by atoms with E-state index in [4.69, 9.17) is 9.47 Å². The van der Waals surface area contributed by atoms with Crippen LogP contribution in [0.2, 0.25) is 0 Å². The fourth-order valence-corrected chi connectivity index (χ4v) is 2.50. The van der Waals surface area contributed by atoms with E-state index in [9.17, 15) is 4.79 Å². The van der Waals surface area contributed by atoms with Crippen LogP contribution < -0.4 is 10.1 Å². The third-order valence-corrected chi connectivity index (χ3v) is 3.77. The van der Waals surface area contributed by atoms with Crippen molar-refractivity contribution in [3.8, 4) is 17.0 Å². The van der Waals surface area contributed by atoms with Gasteiger partial charge in [0.25, 0.3) is 0 Å². The molecule has 0 spiro atoms. The molecule has 1 N–H and O–H groups in total. The van der Waals surface area contributed by atoms with E-state index in [2.05, 4.69) is 15.3 Å². The highest BCUT2D eigenvalue weighted by Crippen LogP contribution is 2.23. The number of ether oxygens (including phenoxy) is 2. The van der Waals surface area contributed by atoms with Crippen LogP contribution in [0, 0.1) is 12.8 Å². The summed E-state index contributed by atoms with van der Waals surface area (Å²) in [6, 6.07) is 18.9. The van der Waals surface area contributed by atoms with Gasteiger partial charge in [-0.15, -0.1) is 0 Å². The average molecular weight is 377 g/mol. The second-order valence-electron chi connectivity index (χ2n) is 6.76. The van der Waals surface area contributed by atoms with Crippen LogP contribution in [0.3, 0.4) is 0 Å². The Hall–Kier alpha value is -3.41. The average Bonchev–Trinajstić information content (AvgIpc) is 2.68. The van der Waals surface area contributed by atoms with Crippen LogP contribution in [-0.4, -0.2) is 22.7 Å². The summed E-state index contributed by atoms with van der Waals surface area (Å²) < 4.78 is 10.2. The van der Waals surface area contributed by atoms with Gasteiger partial charge >= 0.3 is 6.16 Å². The Kier molecular flexibility index (Phi) is 6.22. The molecule has 0 aliphatic rings. The molecule has 0 saturated heterocycles. The minimum absolute atomic E-state index is 0.260. The van der Waals surface area contributed by atoms with E-state index in [1.54, 1.807) is 12.1 Å². The van der Waals surface area contributed by atoms with Gasteiger partial charge in [-0.1, -0.05) is 44.2 Å². The summed E-state index contributed by atoms with van der Waals surface area (Å²) in [5, 5.41) is 3.25. The number of carbonyl (C=O) groups excluding carboxylic acids is 1. The van der Waals surface area contributed by atoms with E-state index in [1.165, 1.54) is 0 Å². The van der Waals surface area contributed by atoms with Crippen molar-refractivity contribution in [2.24, 2.45) is 5.92 Å². The standard InChI is InChI=1S/C22H23N3O3/c1-15(2)14-27-22(26)28-19-11-9-18(10-12-19)25-21-13-20(23-16(3)24-21)17-7-5-4-6-8-17/h4-13,15H,14H2,1-3H3,(H,23,24,25). The molecule has 3 rings (SSSR count). The van der Waals surface area contributed by atoms with Crippen molar-refractivity contribution in [1.82, 2.24) is 9.97 Å². The molecular weight excluding hydrogens is 354 g/mol. The van der Waals surface area contributed by atoms with Crippen LogP contribution in [0.25, 0.3) is 11.3 Å². The van der Waals surface area contributed by atoms with Crippen LogP contribution in [0.1, 0.15) is 19.7 Å². The van der Waals surface area contributed by atoms with E-state index >= 15 is 0 Å². The second kappa shape index (κ2) is 8.99. The third kappa shape index (κ3) is 5.54. The van der Waals surface area contributed by atoms with Gasteiger partial charge in [-0.25, -0.2) is 14.8 Å². The number of nitrogens with zero attached hydrogens (tertiary/aromatic N) is 2. The summed E-state index contributed by atoms with van der Waals surface area (Å²) in [7, 11) is 0. The molecule has 0 fully saturated rings. The predicted molar refractivity (Wildman–Crippen MR) is 109 cm³/mol. The molecule has 0 atom stereocenters. The molecule has 0 unspecified atom stereocenters. The zero-order chi connectivity index (χ0) is 19.9. The lowest BCUT2D eigenvalue weighted by molar-refractivity contribution is 0.0886. The van der Waals surface area contributed by atoms with E-state index < -0.39 is 6.16 Å². The van der Waals surface area contributed by atoms with Gasteiger partial charge in [0.1, 0.15) is 17.4 Å². The lowest BCUT2D eigenvalue weighted by Crippen LogP contribution is -2.14. The Labute approximate surface area is 164 Å². The highest BCUT2D eigenvalue weighted by Gasteiger charge is 2.08. The summed E-state index contributed by atoms with van der Waals surface area (Å²) in [6.07, 6.45) is -0.701. The first-order chi connectivity index (χ1) is 13.5. The summed E-state index contributed by atoms with van der Waals surface area (Å²) in [5.74, 6) is 2.05. The minimum atomic E-state index is -0.701. The largest absolute Gasteiger partial charge is 0.513 e. The number of anilines is 2. The fourth-order valence-electron chi connectivity index (χ4n) is 2.50. The normalized spacial score (nSPS) is 10.6. The summed E-state index contributed by atoms with van der Waals surface area (Å²) in [4.78, 5) is 20.6. The molecule has 0 aliphatic heterocycles. The number of nitrogens with one attached hydrogen (secondary N) is 1. The Bertz CT molecular complexity index is 926. The Balaban J connectivity index is 1.67. The maximum atomic E-state index is 11.6. The third-order valence-electron chi connectivity index (χ3n) is 3.77. The summed E-state index contributed by atoms with van der Waals surface area (Å²) in [6.45, 7) is 6.12. The predicted octanol–water partition coefficient (Wildman–Crippen LogP) is 5.37. The molecule has 1 aromatic heterocycles. The molecule has 6 heteroatoms. The van der Waals surface area contributed by atoms with Gasteiger partial charge in [-0.2, -0.15) is 0 Å². The van der Waals surface area contributed by atoms with Gasteiger partial charge in [-0.05, 0) is 37.1 Å². The van der Waals surface area contributed by atoms with Crippen LogP contribution in [0.15, 0.2) is 60.7 Å². The molecule has 0 saturated carbocycles. The second-order valence-corrected chi connectivity index (χ2v) is 6.76. The van der Waals surface area contributed by atoms with Crippen molar-refractivity contribution in [2.45, 2.75) is 20.8 Å². The minimum Gasteiger partial charge on any atom is -0.434 e. The zero-order valence-corrected chi connectivity index (χ0v) is 16.2. The molecule has 3 aromatic rings. The number of aryl methyl sites for hydroxylation is 1. The lowest BCUT2D eigenvalue weighted by Gasteiger charge is -2.10. The van der Waals surface area contributed by atoms with Crippen molar-refractivity contribution in [1.29, 1.82) is 0 Å². The Morgan fingerprint density at radius 3 is 2.43 bits per heavy atom. The highest BCUT2D eigenvalue weighted by atomic mass is 16.7. The molecule has 144 valence electrons. The zero-order valence-electron chi connectivity index (χ0n) is 16.2.